The highest BCUT2D eigenvalue weighted by Gasteiger charge is 2.32. The zero-order valence-corrected chi connectivity index (χ0v) is 23.5. The van der Waals surface area contributed by atoms with Crippen LogP contribution in [0.5, 0.6) is 5.75 Å². The number of halogens is 2. The number of benzene rings is 2. The number of ether oxygens (including phenoxy) is 2. The van der Waals surface area contributed by atoms with Gasteiger partial charge in [-0.15, -0.1) is 10.2 Å². The Hall–Kier alpha value is -4.82. The maximum absolute atomic E-state index is 13.5. The highest BCUT2D eigenvalue weighted by molar-refractivity contribution is 5.93. The van der Waals surface area contributed by atoms with Crippen LogP contribution in [0.3, 0.4) is 0 Å². The van der Waals surface area contributed by atoms with E-state index in [-0.39, 0.29) is 23.5 Å². The van der Waals surface area contributed by atoms with E-state index in [2.05, 4.69) is 30.3 Å². The van der Waals surface area contributed by atoms with Crippen LogP contribution in [0, 0.1) is 0 Å². The Kier molecular flexibility index (Phi) is 7.66. The van der Waals surface area contributed by atoms with E-state index < -0.39 is 12.6 Å². The van der Waals surface area contributed by atoms with E-state index in [1.807, 2.05) is 48.5 Å². The Morgan fingerprint density at radius 3 is 2.61 bits per heavy atom. The number of alkyl halides is 2. The summed E-state index contributed by atoms with van der Waals surface area (Å²) >= 11 is 0. The fourth-order valence-corrected chi connectivity index (χ4v) is 5.52. The van der Waals surface area contributed by atoms with Gasteiger partial charge >= 0.3 is 6.55 Å². The number of oxazole rings is 1. The van der Waals surface area contributed by atoms with E-state index in [4.69, 9.17) is 13.9 Å². The lowest BCUT2D eigenvalue weighted by Crippen LogP contribution is -2.50. The molecule has 1 unspecified atom stereocenters. The van der Waals surface area contributed by atoms with Gasteiger partial charge in [0.15, 0.2) is 11.4 Å². The summed E-state index contributed by atoms with van der Waals surface area (Å²) in [5.41, 5.74) is 2.99. The van der Waals surface area contributed by atoms with Crippen LogP contribution in [-0.4, -0.2) is 91.4 Å². The van der Waals surface area contributed by atoms with E-state index in [0.717, 1.165) is 12.0 Å². The lowest BCUT2D eigenvalue weighted by atomic mass is 10.0. The minimum Gasteiger partial charge on any atom is -0.488 e. The molecule has 14 heteroatoms. The Bertz CT molecular complexity index is 1750. The molecule has 1 amide bonds. The third-order valence-corrected chi connectivity index (χ3v) is 7.72. The number of pyridine rings is 1. The van der Waals surface area contributed by atoms with Gasteiger partial charge in [-0.1, -0.05) is 35.1 Å². The van der Waals surface area contributed by atoms with Gasteiger partial charge in [0, 0.05) is 50.4 Å². The third kappa shape index (κ3) is 5.73. The van der Waals surface area contributed by atoms with E-state index in [1.54, 1.807) is 23.2 Å². The molecule has 2 aromatic carbocycles. The summed E-state index contributed by atoms with van der Waals surface area (Å²) in [4.78, 5) is 26.5. The molecule has 0 N–H and O–H groups in total. The molecule has 0 radical (unpaired) electrons. The maximum Gasteiger partial charge on any atom is 0.350 e. The van der Waals surface area contributed by atoms with Crippen molar-refractivity contribution in [2.24, 2.45) is 0 Å². The molecule has 7 rings (SSSR count). The molecular weight excluding hydrogens is 574 g/mol. The fraction of sp³-hybridized carbons (Fsp3) is 0.333. The molecule has 0 saturated carbocycles. The van der Waals surface area contributed by atoms with Gasteiger partial charge in [-0.2, -0.15) is 8.78 Å². The fourth-order valence-electron chi connectivity index (χ4n) is 5.52. The van der Waals surface area contributed by atoms with Crippen LogP contribution in [0.2, 0.25) is 0 Å². The number of rotatable bonds is 8. The molecule has 0 aliphatic carbocycles. The topological polar surface area (TPSA) is 125 Å². The van der Waals surface area contributed by atoms with Gasteiger partial charge in [-0.3, -0.25) is 14.7 Å². The van der Waals surface area contributed by atoms with Crippen molar-refractivity contribution in [1.82, 2.24) is 40.0 Å². The van der Waals surface area contributed by atoms with Gasteiger partial charge in [-0.05, 0) is 35.0 Å². The van der Waals surface area contributed by atoms with Crippen molar-refractivity contribution < 1.29 is 27.5 Å². The molecule has 226 valence electrons. The number of hydrogen-bond acceptors (Lipinski definition) is 10. The summed E-state index contributed by atoms with van der Waals surface area (Å²) in [5, 5.41) is 11.4. The van der Waals surface area contributed by atoms with Gasteiger partial charge < -0.3 is 18.8 Å². The molecule has 5 aromatic rings. The standard InChI is InChI=1S/C30H28F2N8O4/c31-30(32)40-36-27(35-37-40)26(19-4-2-1-3-5-19)38-11-13-39(14-12-38)29(41)24-16-20(8-10-33-24)28-34-23-17-21(6-7-25(23)44-28)43-22-9-15-42-18-22/h1-8,10,16-17,22,26,30H,9,11-15,18H2/t22-,26?/m0/s1. The highest BCUT2D eigenvalue weighted by Crippen LogP contribution is 2.30. The van der Waals surface area contributed by atoms with E-state index in [0.29, 0.717) is 72.5 Å². The SMILES string of the molecule is O=C(c1cc(-c2nc3cc(O[C@H]4CCOC4)ccc3o2)ccn1)N1CCN(C(c2ccccc2)c2nnn(C(F)F)n2)CC1. The number of tetrazole rings is 1. The van der Waals surface area contributed by atoms with Crippen molar-refractivity contribution in [3.8, 4) is 17.2 Å². The normalized spacial score (nSPS) is 18.2. The van der Waals surface area contributed by atoms with Crippen LogP contribution in [0.4, 0.5) is 8.78 Å². The number of carbonyl (C=O) groups is 1. The molecule has 12 nitrogen and oxygen atoms in total. The first-order valence-corrected chi connectivity index (χ1v) is 14.3. The molecule has 3 aromatic heterocycles. The minimum atomic E-state index is -2.89. The predicted molar refractivity (Wildman–Crippen MR) is 152 cm³/mol. The molecule has 2 saturated heterocycles. The van der Waals surface area contributed by atoms with Crippen molar-refractivity contribution in [1.29, 1.82) is 0 Å². The Morgan fingerprint density at radius 2 is 1.86 bits per heavy atom. The average molecular weight is 603 g/mol. The number of hydrogen-bond donors (Lipinski definition) is 0. The second kappa shape index (κ2) is 12.1. The second-order valence-corrected chi connectivity index (χ2v) is 10.6. The molecular formula is C30H28F2N8O4. The van der Waals surface area contributed by atoms with Crippen LogP contribution in [0.1, 0.15) is 40.9 Å². The lowest BCUT2D eigenvalue weighted by Gasteiger charge is -2.38. The molecule has 0 spiro atoms. The first kappa shape index (κ1) is 28.0. The molecule has 2 aliphatic heterocycles. The maximum atomic E-state index is 13.5. The smallest absolute Gasteiger partial charge is 0.350 e. The third-order valence-electron chi connectivity index (χ3n) is 7.72. The van der Waals surface area contributed by atoms with Crippen LogP contribution >= 0.6 is 0 Å². The van der Waals surface area contributed by atoms with Crippen molar-refractivity contribution >= 4 is 17.0 Å². The lowest BCUT2D eigenvalue weighted by molar-refractivity contribution is 0.0385. The zero-order chi connectivity index (χ0) is 30.0. The molecule has 5 heterocycles. The predicted octanol–water partition coefficient (Wildman–Crippen LogP) is 3.99. The minimum absolute atomic E-state index is 0.0245. The van der Waals surface area contributed by atoms with E-state index >= 15 is 0 Å². The van der Waals surface area contributed by atoms with Gasteiger partial charge in [0.1, 0.15) is 23.1 Å². The van der Waals surface area contributed by atoms with Gasteiger partial charge in [0.25, 0.3) is 5.91 Å². The molecule has 44 heavy (non-hydrogen) atoms. The molecule has 2 aliphatic rings. The Labute approximate surface area is 250 Å². The second-order valence-electron chi connectivity index (χ2n) is 10.6. The monoisotopic (exact) mass is 602 g/mol. The summed E-state index contributed by atoms with van der Waals surface area (Å²) in [5.74, 6) is 1.02. The van der Waals surface area contributed by atoms with Gasteiger partial charge in [-0.25, -0.2) is 4.98 Å². The van der Waals surface area contributed by atoms with E-state index in [1.165, 1.54) is 0 Å². The number of amides is 1. The van der Waals surface area contributed by atoms with Crippen LogP contribution in [-0.2, 0) is 4.74 Å². The number of carbonyl (C=O) groups excluding carboxylic acids is 1. The van der Waals surface area contributed by atoms with Crippen molar-refractivity contribution in [3.05, 3.63) is 83.9 Å². The summed E-state index contributed by atoms with van der Waals surface area (Å²) in [6, 6.07) is 17.8. The first-order chi connectivity index (χ1) is 21.5. The van der Waals surface area contributed by atoms with Crippen LogP contribution in [0.15, 0.2) is 71.3 Å². The number of nitrogens with zero attached hydrogens (tertiary/aromatic N) is 8. The summed E-state index contributed by atoms with van der Waals surface area (Å²) in [7, 11) is 0. The average Bonchev–Trinajstić information content (AvgIpc) is 3.84. The quantitative estimate of drug-likeness (QED) is 0.258. The number of aromatic nitrogens is 6. The van der Waals surface area contributed by atoms with Gasteiger partial charge in [0.2, 0.25) is 5.89 Å². The van der Waals surface area contributed by atoms with Crippen LogP contribution in [0.25, 0.3) is 22.6 Å². The number of fused-ring (bicyclic) bond motifs is 1. The van der Waals surface area contributed by atoms with Gasteiger partial charge in [0.05, 0.1) is 19.3 Å². The Balaban J connectivity index is 1.05. The summed E-state index contributed by atoms with van der Waals surface area (Å²) in [6.07, 6.45) is 2.43. The molecule has 2 fully saturated rings. The zero-order valence-electron chi connectivity index (χ0n) is 23.5. The summed E-state index contributed by atoms with van der Waals surface area (Å²) in [6.45, 7) is 0.111. The van der Waals surface area contributed by atoms with Crippen molar-refractivity contribution in [2.45, 2.75) is 25.1 Å². The highest BCUT2D eigenvalue weighted by atomic mass is 19.3. The number of piperazine rings is 1. The van der Waals surface area contributed by atoms with Crippen LogP contribution < -0.4 is 4.74 Å². The molecule has 0 bridgehead atoms. The van der Waals surface area contributed by atoms with Crippen molar-refractivity contribution in [3.63, 3.8) is 0 Å². The Morgan fingerprint density at radius 1 is 1.02 bits per heavy atom. The first-order valence-electron chi connectivity index (χ1n) is 14.3. The molecule has 2 atom stereocenters. The summed E-state index contributed by atoms with van der Waals surface area (Å²) < 4.78 is 43.7. The van der Waals surface area contributed by atoms with Crippen molar-refractivity contribution in [2.75, 3.05) is 39.4 Å². The van der Waals surface area contributed by atoms with E-state index in [9.17, 15) is 13.6 Å². The largest absolute Gasteiger partial charge is 0.488 e.